The lowest BCUT2D eigenvalue weighted by atomic mass is 9.96. The van der Waals surface area contributed by atoms with Crippen LogP contribution >= 0.6 is 15.9 Å². The topological polar surface area (TPSA) is 25.8 Å². The van der Waals surface area contributed by atoms with Gasteiger partial charge in [0.2, 0.25) is 0 Å². The van der Waals surface area contributed by atoms with Crippen LogP contribution in [0.15, 0.2) is 72.5 Å². The van der Waals surface area contributed by atoms with Gasteiger partial charge in [-0.15, -0.1) is 0 Å². The summed E-state index contributed by atoms with van der Waals surface area (Å²) in [7, 11) is 0. The van der Waals surface area contributed by atoms with Crippen molar-refractivity contribution in [3.05, 3.63) is 83.6 Å². The van der Waals surface area contributed by atoms with E-state index in [0.29, 0.717) is 0 Å². The van der Waals surface area contributed by atoms with Gasteiger partial charge < -0.3 is 0 Å². The first kappa shape index (κ1) is 14.7. The van der Waals surface area contributed by atoms with Crippen LogP contribution in [0.4, 0.5) is 0 Å². The van der Waals surface area contributed by atoms with Gasteiger partial charge in [0.1, 0.15) is 0 Å². The average molecular weight is 351 g/mol. The fraction of sp³-hybridized carbons (Fsp3) is 0.0526. The number of fused-ring (bicyclic) bond motifs is 1. The van der Waals surface area contributed by atoms with E-state index in [1.807, 2.05) is 30.3 Å². The van der Waals surface area contributed by atoms with Crippen molar-refractivity contribution in [3.8, 4) is 0 Å². The molecule has 3 heteroatoms. The second-order valence-corrected chi connectivity index (χ2v) is 6.07. The van der Waals surface area contributed by atoms with E-state index < -0.39 is 0 Å². The van der Waals surface area contributed by atoms with Gasteiger partial charge in [0.15, 0.2) is 0 Å². The summed E-state index contributed by atoms with van der Waals surface area (Å²) in [6.45, 7) is 8.38. The van der Waals surface area contributed by atoms with Crippen molar-refractivity contribution in [2.45, 2.75) is 6.42 Å². The number of allylic oxidation sites excluding steroid dienone is 2. The lowest BCUT2D eigenvalue weighted by molar-refractivity contribution is 1.29. The summed E-state index contributed by atoms with van der Waals surface area (Å²) < 4.78 is 1.05. The van der Waals surface area contributed by atoms with Gasteiger partial charge in [-0.05, 0) is 53.0 Å². The first-order valence-electron chi connectivity index (χ1n) is 6.96. The molecular formula is C19H15BrN2. The smallest absolute Gasteiger partial charge is 0.0892 e. The van der Waals surface area contributed by atoms with Gasteiger partial charge in [-0.1, -0.05) is 47.3 Å². The predicted octanol–water partition coefficient (Wildman–Crippen LogP) is 5.51. The average Bonchev–Trinajstić information content (AvgIpc) is 2.54. The summed E-state index contributed by atoms with van der Waals surface area (Å²) >= 11 is 3.49. The Hall–Kier alpha value is -2.26. The van der Waals surface area contributed by atoms with Crippen LogP contribution in [-0.2, 0) is 0 Å². The highest BCUT2D eigenvalue weighted by Crippen LogP contribution is 2.28. The van der Waals surface area contributed by atoms with Crippen molar-refractivity contribution in [2.75, 3.05) is 0 Å². The van der Waals surface area contributed by atoms with E-state index in [2.05, 4.69) is 51.2 Å². The largest absolute Gasteiger partial charge is 0.253 e. The Morgan fingerprint density at radius 1 is 0.864 bits per heavy atom. The highest BCUT2D eigenvalue weighted by atomic mass is 79.9. The fourth-order valence-corrected chi connectivity index (χ4v) is 2.75. The number of aromatic nitrogens is 2. The molecule has 2 nitrogen and oxygen atoms in total. The van der Waals surface area contributed by atoms with Crippen LogP contribution in [0.1, 0.15) is 17.5 Å². The number of hydrogen-bond acceptors (Lipinski definition) is 2. The second kappa shape index (κ2) is 6.24. The van der Waals surface area contributed by atoms with Crippen molar-refractivity contribution in [2.24, 2.45) is 0 Å². The van der Waals surface area contributed by atoms with Gasteiger partial charge in [-0.2, -0.15) is 0 Å². The summed E-state index contributed by atoms with van der Waals surface area (Å²) in [4.78, 5) is 8.63. The highest BCUT2D eigenvalue weighted by Gasteiger charge is 2.06. The molecule has 0 spiro atoms. The molecule has 3 rings (SSSR count). The van der Waals surface area contributed by atoms with E-state index in [1.165, 1.54) is 0 Å². The lowest BCUT2D eigenvalue weighted by Gasteiger charge is -2.10. The molecule has 0 fully saturated rings. The SMILES string of the molecule is C=C(CC(=C)c1ccc2nccnc2c1)c1cccc(Br)c1. The van der Waals surface area contributed by atoms with Crippen LogP contribution < -0.4 is 0 Å². The number of hydrogen-bond donors (Lipinski definition) is 0. The molecule has 0 aliphatic heterocycles. The molecule has 0 amide bonds. The van der Waals surface area contributed by atoms with Crippen LogP contribution in [0.2, 0.25) is 0 Å². The number of halogens is 1. The summed E-state index contributed by atoms with van der Waals surface area (Å²) in [5.41, 5.74) is 6.04. The van der Waals surface area contributed by atoms with Gasteiger partial charge in [0.25, 0.3) is 0 Å². The van der Waals surface area contributed by atoms with Crippen molar-refractivity contribution in [3.63, 3.8) is 0 Å². The van der Waals surface area contributed by atoms with E-state index in [1.54, 1.807) is 12.4 Å². The summed E-state index contributed by atoms with van der Waals surface area (Å²) in [5, 5.41) is 0. The Morgan fingerprint density at radius 3 is 2.27 bits per heavy atom. The van der Waals surface area contributed by atoms with Crippen LogP contribution in [0.3, 0.4) is 0 Å². The monoisotopic (exact) mass is 350 g/mol. The second-order valence-electron chi connectivity index (χ2n) is 5.15. The third-order valence-corrected chi connectivity index (χ3v) is 4.03. The molecule has 0 bridgehead atoms. The highest BCUT2D eigenvalue weighted by molar-refractivity contribution is 9.10. The third-order valence-electron chi connectivity index (χ3n) is 3.54. The van der Waals surface area contributed by atoms with Crippen LogP contribution in [0.25, 0.3) is 22.2 Å². The molecule has 0 radical (unpaired) electrons. The van der Waals surface area contributed by atoms with E-state index in [0.717, 1.165) is 44.2 Å². The van der Waals surface area contributed by atoms with Crippen LogP contribution in [0.5, 0.6) is 0 Å². The van der Waals surface area contributed by atoms with E-state index in [-0.39, 0.29) is 0 Å². The van der Waals surface area contributed by atoms with Gasteiger partial charge in [-0.25, -0.2) is 0 Å². The Balaban J connectivity index is 1.82. The molecular weight excluding hydrogens is 336 g/mol. The Kier molecular flexibility index (Phi) is 4.16. The quantitative estimate of drug-likeness (QED) is 0.619. The van der Waals surface area contributed by atoms with Gasteiger partial charge in [-0.3, -0.25) is 9.97 Å². The first-order chi connectivity index (χ1) is 10.6. The molecule has 1 heterocycles. The number of benzene rings is 2. The molecule has 1 aromatic heterocycles. The molecule has 0 saturated carbocycles. The van der Waals surface area contributed by atoms with Crippen molar-refractivity contribution >= 4 is 38.1 Å². The van der Waals surface area contributed by atoms with Gasteiger partial charge >= 0.3 is 0 Å². The minimum atomic E-state index is 0.724. The molecule has 0 aliphatic carbocycles. The van der Waals surface area contributed by atoms with Crippen molar-refractivity contribution < 1.29 is 0 Å². The van der Waals surface area contributed by atoms with Gasteiger partial charge in [0, 0.05) is 16.9 Å². The van der Waals surface area contributed by atoms with Crippen molar-refractivity contribution in [1.29, 1.82) is 0 Å². The maximum absolute atomic E-state index is 4.34. The van der Waals surface area contributed by atoms with Crippen LogP contribution in [0, 0.1) is 0 Å². The standard InChI is InChI=1S/C19H15BrN2/c1-13(15-4-3-5-17(20)11-15)10-14(2)16-6-7-18-19(12-16)22-9-8-21-18/h3-9,11-12H,1-2,10H2. The Morgan fingerprint density at radius 2 is 1.55 bits per heavy atom. The Bertz CT molecular complexity index is 868. The normalized spacial score (nSPS) is 10.6. The number of nitrogens with zero attached hydrogens (tertiary/aromatic N) is 2. The maximum atomic E-state index is 4.34. The molecule has 0 aliphatic rings. The zero-order valence-corrected chi connectivity index (χ0v) is 13.7. The molecule has 2 aromatic carbocycles. The summed E-state index contributed by atoms with van der Waals surface area (Å²) in [5.74, 6) is 0. The first-order valence-corrected chi connectivity index (χ1v) is 7.75. The number of rotatable bonds is 4. The van der Waals surface area contributed by atoms with Gasteiger partial charge in [0.05, 0.1) is 11.0 Å². The minimum Gasteiger partial charge on any atom is -0.253 e. The zero-order valence-electron chi connectivity index (χ0n) is 12.1. The summed E-state index contributed by atoms with van der Waals surface area (Å²) in [6.07, 6.45) is 4.13. The molecule has 0 N–H and O–H groups in total. The fourth-order valence-electron chi connectivity index (χ4n) is 2.35. The van der Waals surface area contributed by atoms with E-state index in [4.69, 9.17) is 0 Å². The molecule has 22 heavy (non-hydrogen) atoms. The molecule has 3 aromatic rings. The predicted molar refractivity (Wildman–Crippen MR) is 96.4 cm³/mol. The summed E-state index contributed by atoms with van der Waals surface area (Å²) in [6, 6.07) is 14.2. The third kappa shape index (κ3) is 3.15. The molecule has 0 unspecified atom stereocenters. The molecule has 0 saturated heterocycles. The van der Waals surface area contributed by atoms with E-state index in [9.17, 15) is 0 Å². The Labute approximate surface area is 138 Å². The zero-order chi connectivity index (χ0) is 15.5. The van der Waals surface area contributed by atoms with Crippen molar-refractivity contribution in [1.82, 2.24) is 9.97 Å². The molecule has 108 valence electrons. The maximum Gasteiger partial charge on any atom is 0.0892 e. The lowest BCUT2D eigenvalue weighted by Crippen LogP contribution is -1.89. The van der Waals surface area contributed by atoms with E-state index >= 15 is 0 Å². The molecule has 0 atom stereocenters. The minimum absolute atomic E-state index is 0.724. The van der Waals surface area contributed by atoms with Crippen LogP contribution in [-0.4, -0.2) is 9.97 Å².